The van der Waals surface area contributed by atoms with E-state index >= 15 is 0 Å². The van der Waals surface area contributed by atoms with Gasteiger partial charge in [0.25, 0.3) is 0 Å². The number of aliphatic carboxylic acids is 1. The van der Waals surface area contributed by atoms with Gasteiger partial charge in [0.15, 0.2) is 5.75 Å². The van der Waals surface area contributed by atoms with Crippen molar-refractivity contribution < 1.29 is 18.3 Å². The molecule has 0 aliphatic rings. The van der Waals surface area contributed by atoms with E-state index in [4.69, 9.17) is 5.11 Å². The molecular weight excluding hydrogens is 206 g/mol. The van der Waals surface area contributed by atoms with Crippen LogP contribution >= 0.6 is 0 Å². The van der Waals surface area contributed by atoms with Gasteiger partial charge in [0.1, 0.15) is 0 Å². The van der Waals surface area contributed by atoms with E-state index in [2.05, 4.69) is 11.6 Å². The Kier molecular flexibility index (Phi) is 6.48. The summed E-state index contributed by atoms with van der Waals surface area (Å²) in [4.78, 5) is 10.1. The van der Waals surface area contributed by atoms with Crippen molar-refractivity contribution in [2.24, 2.45) is 0 Å². The van der Waals surface area contributed by atoms with Crippen molar-refractivity contribution >= 4 is 16.0 Å². The predicted molar refractivity (Wildman–Crippen MR) is 53.6 cm³/mol. The highest BCUT2D eigenvalue weighted by Gasteiger charge is 2.13. The fraction of sp³-hybridized carbons (Fsp3) is 0.875. The number of hydrogen-bond donors (Lipinski definition) is 2. The molecule has 0 fully saturated rings. The molecule has 84 valence electrons. The Balaban J connectivity index is 3.61. The van der Waals surface area contributed by atoms with Gasteiger partial charge in [0.05, 0.1) is 0 Å². The highest BCUT2D eigenvalue weighted by atomic mass is 32.2. The van der Waals surface area contributed by atoms with Gasteiger partial charge < -0.3 is 5.11 Å². The number of sulfonamides is 1. The average Bonchev–Trinajstić information content (AvgIpc) is 2.01. The number of nitrogens with one attached hydrogen (secondary N) is 1. The molecule has 0 aliphatic heterocycles. The first-order valence-corrected chi connectivity index (χ1v) is 6.32. The third kappa shape index (κ3) is 8.00. The van der Waals surface area contributed by atoms with Crippen LogP contribution in [0.3, 0.4) is 0 Å². The molecule has 5 nitrogen and oxygen atoms in total. The number of hydrogen-bond acceptors (Lipinski definition) is 3. The molecule has 0 aliphatic carbocycles. The maximum Gasteiger partial charge on any atom is 0.320 e. The standard InChI is InChI=1S/C8H17NO4S/c1-2-3-4-5-6-9-14(12,13)7-8(10)11/h9H,2-7H2,1H3,(H,10,11). The molecule has 0 heterocycles. The third-order valence-corrected chi connectivity index (χ3v) is 2.94. The largest absolute Gasteiger partial charge is 0.480 e. The quantitative estimate of drug-likeness (QED) is 0.589. The van der Waals surface area contributed by atoms with E-state index in [1.807, 2.05) is 0 Å². The summed E-state index contributed by atoms with van der Waals surface area (Å²) in [5.74, 6) is -2.17. The van der Waals surface area contributed by atoms with Crippen molar-refractivity contribution in [2.45, 2.75) is 32.6 Å². The van der Waals surface area contributed by atoms with Gasteiger partial charge in [-0.2, -0.15) is 0 Å². The number of unbranched alkanes of at least 4 members (excludes halogenated alkanes) is 3. The number of carbonyl (C=O) groups is 1. The molecule has 0 aromatic rings. The lowest BCUT2D eigenvalue weighted by atomic mass is 10.2. The molecule has 0 bridgehead atoms. The molecule has 0 atom stereocenters. The summed E-state index contributed by atoms with van der Waals surface area (Å²) in [6.07, 6.45) is 3.88. The van der Waals surface area contributed by atoms with Crippen LogP contribution in [0.2, 0.25) is 0 Å². The highest BCUT2D eigenvalue weighted by molar-refractivity contribution is 7.90. The normalized spacial score (nSPS) is 11.5. The predicted octanol–water partition coefficient (Wildman–Crippen LogP) is 0.571. The van der Waals surface area contributed by atoms with Gasteiger partial charge in [0, 0.05) is 6.54 Å². The SMILES string of the molecule is CCCCCCNS(=O)(=O)CC(=O)O. The van der Waals surface area contributed by atoms with Crippen LogP contribution in [-0.2, 0) is 14.8 Å². The van der Waals surface area contributed by atoms with Gasteiger partial charge in [0.2, 0.25) is 10.0 Å². The summed E-state index contributed by atoms with van der Waals surface area (Å²) in [5, 5.41) is 8.27. The maximum absolute atomic E-state index is 11.0. The highest BCUT2D eigenvalue weighted by Crippen LogP contribution is 1.97. The Morgan fingerprint density at radius 1 is 1.29 bits per heavy atom. The molecule has 0 unspecified atom stereocenters. The van der Waals surface area contributed by atoms with E-state index in [9.17, 15) is 13.2 Å². The molecule has 0 aromatic heterocycles. The minimum Gasteiger partial charge on any atom is -0.480 e. The molecule has 0 amide bonds. The van der Waals surface area contributed by atoms with Gasteiger partial charge in [-0.05, 0) is 6.42 Å². The smallest absolute Gasteiger partial charge is 0.320 e. The van der Waals surface area contributed by atoms with Crippen LogP contribution in [0.15, 0.2) is 0 Å². The van der Waals surface area contributed by atoms with Crippen LogP contribution in [0.4, 0.5) is 0 Å². The number of carboxylic acids is 1. The zero-order valence-corrected chi connectivity index (χ0v) is 9.14. The Hall–Kier alpha value is -0.620. The van der Waals surface area contributed by atoms with Crippen molar-refractivity contribution in [1.29, 1.82) is 0 Å². The Bertz CT molecular complexity index is 261. The van der Waals surface area contributed by atoms with Crippen LogP contribution in [0.5, 0.6) is 0 Å². The second-order valence-electron chi connectivity index (χ2n) is 3.11. The first kappa shape index (κ1) is 13.4. The summed E-state index contributed by atoms with van der Waals surface area (Å²) < 4.78 is 24.2. The summed E-state index contributed by atoms with van der Waals surface area (Å²) >= 11 is 0. The number of carboxylic acid groups (broad SMARTS) is 1. The van der Waals surface area contributed by atoms with E-state index in [0.29, 0.717) is 6.54 Å². The Labute approximate surface area is 84.6 Å². The van der Waals surface area contributed by atoms with Crippen LogP contribution < -0.4 is 4.72 Å². The van der Waals surface area contributed by atoms with Gasteiger partial charge >= 0.3 is 5.97 Å². The lowest BCUT2D eigenvalue weighted by Crippen LogP contribution is -2.30. The first-order valence-electron chi connectivity index (χ1n) is 4.67. The zero-order chi connectivity index (χ0) is 11.0. The second kappa shape index (κ2) is 6.78. The Morgan fingerprint density at radius 2 is 1.93 bits per heavy atom. The van der Waals surface area contributed by atoms with Crippen molar-refractivity contribution in [2.75, 3.05) is 12.3 Å². The van der Waals surface area contributed by atoms with E-state index in [-0.39, 0.29) is 0 Å². The second-order valence-corrected chi connectivity index (χ2v) is 4.91. The van der Waals surface area contributed by atoms with Crippen LogP contribution in [0.25, 0.3) is 0 Å². The third-order valence-electron chi connectivity index (χ3n) is 1.67. The topological polar surface area (TPSA) is 83.5 Å². The van der Waals surface area contributed by atoms with Crippen LogP contribution in [0.1, 0.15) is 32.6 Å². The molecule has 0 radical (unpaired) electrons. The van der Waals surface area contributed by atoms with Gasteiger partial charge in [-0.25, -0.2) is 13.1 Å². The van der Waals surface area contributed by atoms with Crippen molar-refractivity contribution in [1.82, 2.24) is 4.72 Å². The molecule has 2 N–H and O–H groups in total. The van der Waals surface area contributed by atoms with E-state index in [1.165, 1.54) is 0 Å². The van der Waals surface area contributed by atoms with Gasteiger partial charge in [-0.3, -0.25) is 4.79 Å². The van der Waals surface area contributed by atoms with E-state index < -0.39 is 21.7 Å². The fourth-order valence-corrected chi connectivity index (χ4v) is 1.88. The monoisotopic (exact) mass is 223 g/mol. The molecule has 0 saturated carbocycles. The Morgan fingerprint density at radius 3 is 2.43 bits per heavy atom. The molecule has 0 saturated heterocycles. The molecule has 0 aromatic carbocycles. The van der Waals surface area contributed by atoms with Gasteiger partial charge in [-0.1, -0.05) is 26.2 Å². The minimum atomic E-state index is -3.62. The molecule has 0 rings (SSSR count). The molecular formula is C8H17NO4S. The average molecular weight is 223 g/mol. The molecule has 0 spiro atoms. The summed E-state index contributed by atoms with van der Waals surface area (Å²) in [7, 11) is -3.62. The van der Waals surface area contributed by atoms with E-state index in [1.54, 1.807) is 0 Å². The summed E-state index contributed by atoms with van der Waals surface area (Å²) in [5.41, 5.74) is 0. The first-order chi connectivity index (χ1) is 6.48. The fourth-order valence-electron chi connectivity index (χ4n) is 0.993. The maximum atomic E-state index is 11.0. The van der Waals surface area contributed by atoms with Crippen LogP contribution in [0, 0.1) is 0 Å². The van der Waals surface area contributed by atoms with E-state index in [0.717, 1.165) is 25.7 Å². The van der Waals surface area contributed by atoms with Crippen molar-refractivity contribution in [3.8, 4) is 0 Å². The minimum absolute atomic E-state index is 0.329. The van der Waals surface area contributed by atoms with Crippen molar-refractivity contribution in [3.63, 3.8) is 0 Å². The number of rotatable bonds is 8. The van der Waals surface area contributed by atoms with Gasteiger partial charge in [-0.15, -0.1) is 0 Å². The lowest BCUT2D eigenvalue weighted by molar-refractivity contribution is -0.134. The van der Waals surface area contributed by atoms with Crippen LogP contribution in [-0.4, -0.2) is 31.8 Å². The zero-order valence-electron chi connectivity index (χ0n) is 8.32. The molecule has 6 heteroatoms. The summed E-state index contributed by atoms with van der Waals surface area (Å²) in [6, 6.07) is 0. The molecule has 14 heavy (non-hydrogen) atoms. The summed E-state index contributed by atoms with van der Waals surface area (Å²) in [6.45, 7) is 2.39. The lowest BCUT2D eigenvalue weighted by Gasteiger charge is -2.03. The van der Waals surface area contributed by atoms with Crippen molar-refractivity contribution in [3.05, 3.63) is 0 Å².